The van der Waals surface area contributed by atoms with Crippen molar-refractivity contribution >= 4 is 20.2 Å². The normalized spacial score (nSPS) is 10.0. The van der Waals surface area contributed by atoms with Gasteiger partial charge in [0.2, 0.25) is 0 Å². The van der Waals surface area contributed by atoms with Crippen molar-refractivity contribution in [3.63, 3.8) is 0 Å². The highest BCUT2D eigenvalue weighted by Crippen LogP contribution is 2.11. The molecule has 15 heavy (non-hydrogen) atoms. The van der Waals surface area contributed by atoms with Crippen molar-refractivity contribution in [3.05, 3.63) is 0 Å². The summed E-state index contributed by atoms with van der Waals surface area (Å²) in [6, 6.07) is 0. The first-order chi connectivity index (χ1) is 6.91. The van der Waals surface area contributed by atoms with Crippen molar-refractivity contribution < 1.29 is 0 Å². The Balaban J connectivity index is 0. The highest BCUT2D eigenvalue weighted by Gasteiger charge is 1.91. The minimum absolute atomic E-state index is 0. The summed E-state index contributed by atoms with van der Waals surface area (Å²) < 4.78 is 0. The maximum Gasteiger partial charge on any atom is 0.0814 e. The van der Waals surface area contributed by atoms with Crippen molar-refractivity contribution in [2.24, 2.45) is 0 Å². The Morgan fingerprint density at radius 3 is 1.47 bits per heavy atom. The van der Waals surface area contributed by atoms with Crippen molar-refractivity contribution in [2.75, 3.05) is 12.0 Å². The predicted molar refractivity (Wildman–Crippen MR) is 80.2 cm³/mol. The van der Waals surface area contributed by atoms with Gasteiger partial charge >= 0.3 is 0 Å². The van der Waals surface area contributed by atoms with E-state index in [-0.39, 0.29) is 8.41 Å². The van der Waals surface area contributed by atoms with Crippen molar-refractivity contribution in [1.29, 1.82) is 0 Å². The Kier molecular flexibility index (Phi) is 20.0. The third-order valence-corrected chi connectivity index (χ3v) is 3.40. The van der Waals surface area contributed by atoms with Crippen LogP contribution in [0.1, 0.15) is 71.1 Å². The topological polar surface area (TPSA) is 0 Å². The number of unbranched alkanes of at least 4 members (excludes halogenated alkanes) is 9. The van der Waals surface area contributed by atoms with E-state index in [1.165, 1.54) is 70.0 Å². The van der Waals surface area contributed by atoms with Gasteiger partial charge in [0, 0.05) is 0 Å². The summed E-state index contributed by atoms with van der Waals surface area (Å²) in [6.07, 6.45) is 16.7. The average Bonchev–Trinajstić information content (AvgIpc) is 2.21. The van der Waals surface area contributed by atoms with Gasteiger partial charge in [-0.3, -0.25) is 0 Å². The van der Waals surface area contributed by atoms with Crippen molar-refractivity contribution in [2.45, 2.75) is 71.1 Å². The summed E-state index contributed by atoms with van der Waals surface area (Å²) in [5.41, 5.74) is 0. The molecule has 0 radical (unpaired) electrons. The Bertz CT molecular complexity index is 84.5. The third kappa shape index (κ3) is 17.1. The van der Waals surface area contributed by atoms with E-state index in [0.717, 1.165) is 0 Å². The Hall–Kier alpha value is 0.415. The number of hydrogen-bond acceptors (Lipinski definition) is 1. The molecule has 0 bridgehead atoms. The van der Waals surface area contributed by atoms with E-state index in [2.05, 4.69) is 13.2 Å². The molecule has 0 aromatic rings. The molecule has 0 atom stereocenters. The predicted octanol–water partition coefficient (Wildman–Crippen LogP) is 4.09. The highest BCUT2D eigenvalue weighted by molar-refractivity contribution is 7.98. The summed E-state index contributed by atoms with van der Waals surface area (Å²) in [6.45, 7) is 2.28. The van der Waals surface area contributed by atoms with E-state index in [4.69, 9.17) is 0 Å². The molecule has 0 heterocycles. The van der Waals surface area contributed by atoms with Crippen LogP contribution >= 0.6 is 11.8 Å². The van der Waals surface area contributed by atoms with Gasteiger partial charge in [0.25, 0.3) is 0 Å². The Labute approximate surface area is 104 Å². The van der Waals surface area contributed by atoms with Gasteiger partial charge in [-0.1, -0.05) is 64.7 Å². The largest absolute Gasteiger partial charge is 0.165 e. The zero-order valence-corrected chi connectivity index (χ0v) is 11.0. The van der Waals surface area contributed by atoms with Crippen molar-refractivity contribution in [3.8, 4) is 0 Å². The molecule has 0 aliphatic rings. The molecule has 0 aliphatic carbocycles. The van der Waals surface area contributed by atoms with E-state index >= 15 is 0 Å². The van der Waals surface area contributed by atoms with Gasteiger partial charge < -0.3 is 0 Å². The zero-order chi connectivity index (χ0) is 10.5. The molecule has 0 spiro atoms. The van der Waals surface area contributed by atoms with Gasteiger partial charge in [-0.05, 0) is 18.4 Å². The average molecular weight is 230 g/mol. The molecular formula is C13H31BS. The summed E-state index contributed by atoms with van der Waals surface area (Å²) >= 11 is 1.98. The van der Waals surface area contributed by atoms with Crippen LogP contribution < -0.4 is 0 Å². The van der Waals surface area contributed by atoms with E-state index in [9.17, 15) is 0 Å². The molecule has 0 unspecified atom stereocenters. The molecule has 0 fully saturated rings. The van der Waals surface area contributed by atoms with Gasteiger partial charge in [0.05, 0.1) is 8.41 Å². The highest BCUT2D eigenvalue weighted by atomic mass is 32.2. The lowest BCUT2D eigenvalue weighted by molar-refractivity contribution is 0.563. The lowest BCUT2D eigenvalue weighted by atomic mass is 10.1. The van der Waals surface area contributed by atoms with Crippen LogP contribution in [0.5, 0.6) is 0 Å². The standard InChI is InChI=1S/C13H28S.BH3/c1-3-4-5-6-7-8-9-10-11-12-13-14-2;/h3-13H2,1-2H3;1H3. The fourth-order valence-corrected chi connectivity index (χ4v) is 2.23. The monoisotopic (exact) mass is 230 g/mol. The van der Waals surface area contributed by atoms with E-state index in [1.54, 1.807) is 0 Å². The quantitative estimate of drug-likeness (QED) is 0.380. The SMILES string of the molecule is B.CCCCCCCCCCCCSC. The Morgan fingerprint density at radius 1 is 0.667 bits per heavy atom. The maximum absolute atomic E-state index is 2.28. The Morgan fingerprint density at radius 2 is 1.07 bits per heavy atom. The number of rotatable bonds is 11. The molecule has 0 N–H and O–H groups in total. The second-order valence-electron chi connectivity index (χ2n) is 4.17. The second-order valence-corrected chi connectivity index (χ2v) is 5.16. The van der Waals surface area contributed by atoms with Gasteiger partial charge in [0.1, 0.15) is 0 Å². The molecule has 0 saturated heterocycles. The third-order valence-electron chi connectivity index (χ3n) is 2.70. The molecule has 0 aromatic carbocycles. The van der Waals surface area contributed by atoms with Crippen LogP contribution in [0.4, 0.5) is 0 Å². The summed E-state index contributed by atoms with van der Waals surface area (Å²) in [5.74, 6) is 1.36. The smallest absolute Gasteiger partial charge is 0.0814 e. The first-order valence-corrected chi connectivity index (χ1v) is 7.80. The first-order valence-electron chi connectivity index (χ1n) is 6.40. The van der Waals surface area contributed by atoms with Crippen molar-refractivity contribution in [1.82, 2.24) is 0 Å². The summed E-state index contributed by atoms with van der Waals surface area (Å²) in [4.78, 5) is 0. The van der Waals surface area contributed by atoms with Gasteiger partial charge in [0.15, 0.2) is 0 Å². The van der Waals surface area contributed by atoms with Crippen LogP contribution in [0.25, 0.3) is 0 Å². The van der Waals surface area contributed by atoms with Gasteiger partial charge in [-0.2, -0.15) is 11.8 Å². The molecule has 0 nitrogen and oxygen atoms in total. The number of hydrogen-bond donors (Lipinski definition) is 0. The number of thioether (sulfide) groups is 1. The molecule has 0 rings (SSSR count). The molecule has 0 saturated carbocycles. The minimum Gasteiger partial charge on any atom is -0.165 e. The van der Waals surface area contributed by atoms with Crippen LogP contribution in [-0.2, 0) is 0 Å². The lowest BCUT2D eigenvalue weighted by Gasteiger charge is -2.01. The van der Waals surface area contributed by atoms with Crippen LogP contribution in [0.15, 0.2) is 0 Å². The molecule has 0 aromatic heterocycles. The lowest BCUT2D eigenvalue weighted by Crippen LogP contribution is -1.82. The van der Waals surface area contributed by atoms with E-state index in [0.29, 0.717) is 0 Å². The molecule has 0 amide bonds. The minimum atomic E-state index is 0. The first kappa shape index (κ1) is 17.8. The van der Waals surface area contributed by atoms with Crippen LogP contribution in [0.3, 0.4) is 0 Å². The molecule has 0 aliphatic heterocycles. The zero-order valence-electron chi connectivity index (χ0n) is 10.2. The fraction of sp³-hybridized carbons (Fsp3) is 1.00. The van der Waals surface area contributed by atoms with Crippen LogP contribution in [0, 0.1) is 0 Å². The van der Waals surface area contributed by atoms with E-state index < -0.39 is 0 Å². The van der Waals surface area contributed by atoms with E-state index in [1.807, 2.05) is 11.8 Å². The van der Waals surface area contributed by atoms with Crippen LogP contribution in [-0.4, -0.2) is 20.4 Å². The molecular weight excluding hydrogens is 199 g/mol. The maximum atomic E-state index is 2.28. The van der Waals surface area contributed by atoms with Crippen LogP contribution in [0.2, 0.25) is 0 Å². The molecule has 2 heteroatoms. The molecule has 92 valence electrons. The fourth-order valence-electron chi connectivity index (χ4n) is 1.73. The summed E-state index contributed by atoms with van der Waals surface area (Å²) in [7, 11) is 0. The summed E-state index contributed by atoms with van der Waals surface area (Å²) in [5, 5.41) is 0. The second kappa shape index (κ2) is 16.8. The van der Waals surface area contributed by atoms with Gasteiger partial charge in [-0.25, -0.2) is 0 Å². The van der Waals surface area contributed by atoms with Gasteiger partial charge in [-0.15, -0.1) is 0 Å².